The molecule has 1 aliphatic carbocycles. The zero-order valence-electron chi connectivity index (χ0n) is 17.7. The smallest absolute Gasteiger partial charge is 0.303 e. The van der Waals surface area contributed by atoms with E-state index in [9.17, 15) is 13.2 Å². The highest BCUT2D eigenvalue weighted by Crippen LogP contribution is 2.64. The van der Waals surface area contributed by atoms with Gasteiger partial charge in [0.1, 0.15) is 0 Å². The third kappa shape index (κ3) is 4.32. The van der Waals surface area contributed by atoms with E-state index in [0.29, 0.717) is 5.92 Å². The molecule has 2 atom stereocenters. The van der Waals surface area contributed by atoms with Gasteiger partial charge in [0.05, 0.1) is 5.56 Å². The van der Waals surface area contributed by atoms with Crippen molar-refractivity contribution in [1.29, 1.82) is 0 Å². The molecule has 0 radical (unpaired) electrons. The van der Waals surface area contributed by atoms with E-state index >= 15 is 0 Å². The topological polar surface area (TPSA) is 46.8 Å². The first-order valence-corrected chi connectivity index (χ1v) is 12.5. The average molecular weight is 480 g/mol. The Balaban J connectivity index is 1.08. The number of hydrogen-bond acceptors (Lipinski definition) is 6. The lowest BCUT2D eigenvalue weighted by atomic mass is 9.97. The molecule has 0 amide bonds. The molecule has 1 spiro atoms. The van der Waals surface area contributed by atoms with Gasteiger partial charge in [-0.15, -0.1) is 21.5 Å². The van der Waals surface area contributed by atoms with Crippen molar-refractivity contribution in [3.8, 4) is 10.8 Å². The summed E-state index contributed by atoms with van der Waals surface area (Å²) in [5.74, 6) is 2.16. The maximum absolute atomic E-state index is 12.8. The highest BCUT2D eigenvalue weighted by molar-refractivity contribution is 7.99. The van der Waals surface area contributed by atoms with Gasteiger partial charge in [-0.3, -0.25) is 0 Å². The summed E-state index contributed by atoms with van der Waals surface area (Å²) in [6.07, 6.45) is 0.779. The van der Waals surface area contributed by atoms with Crippen molar-refractivity contribution < 1.29 is 13.2 Å². The van der Waals surface area contributed by atoms with Gasteiger partial charge in [0, 0.05) is 30.9 Å². The molecule has 0 bridgehead atoms. The number of benzene rings is 1. The zero-order chi connectivity index (χ0) is 22.3. The minimum Gasteiger partial charge on any atom is -0.303 e. The van der Waals surface area contributed by atoms with Crippen LogP contribution >= 0.6 is 23.1 Å². The van der Waals surface area contributed by atoms with Gasteiger partial charge in [0.25, 0.3) is 0 Å². The van der Waals surface area contributed by atoms with Crippen LogP contribution in [0.1, 0.15) is 36.3 Å². The number of likely N-dealkylation sites (tertiary alicyclic amines) is 1. The van der Waals surface area contributed by atoms with Gasteiger partial charge in [0.15, 0.2) is 16.0 Å². The molecule has 1 saturated carbocycles. The van der Waals surface area contributed by atoms with Gasteiger partial charge >= 0.3 is 6.18 Å². The number of thioether (sulfide) groups is 1. The molecule has 1 saturated heterocycles. The summed E-state index contributed by atoms with van der Waals surface area (Å²) in [6, 6.07) is 5.78. The predicted octanol–water partition coefficient (Wildman–Crippen LogP) is 5.32. The van der Waals surface area contributed by atoms with Crippen LogP contribution in [0.4, 0.5) is 13.2 Å². The molecule has 3 heterocycles. The van der Waals surface area contributed by atoms with Gasteiger partial charge in [0.2, 0.25) is 0 Å². The van der Waals surface area contributed by atoms with E-state index < -0.39 is 11.7 Å². The molecule has 1 aliphatic heterocycles. The minimum absolute atomic E-state index is 0.263. The predicted molar refractivity (Wildman–Crippen MR) is 120 cm³/mol. The fraction of sp³-hybridized carbons (Fsp3) is 0.500. The number of aromatic nitrogens is 4. The van der Waals surface area contributed by atoms with Gasteiger partial charge < -0.3 is 9.47 Å². The summed E-state index contributed by atoms with van der Waals surface area (Å²) in [4.78, 5) is 6.80. The van der Waals surface area contributed by atoms with Crippen LogP contribution in [-0.2, 0) is 13.2 Å². The maximum atomic E-state index is 12.8. The van der Waals surface area contributed by atoms with Crippen molar-refractivity contribution in [2.45, 2.75) is 36.5 Å². The molecule has 10 heteroatoms. The van der Waals surface area contributed by atoms with Crippen LogP contribution in [0.3, 0.4) is 0 Å². The van der Waals surface area contributed by atoms with Crippen LogP contribution in [0.15, 0.2) is 41.0 Å². The summed E-state index contributed by atoms with van der Waals surface area (Å²) in [5, 5.41) is 12.3. The molecular formula is C22H24F3N5S2. The van der Waals surface area contributed by atoms with Crippen molar-refractivity contribution in [3.63, 3.8) is 0 Å². The summed E-state index contributed by atoms with van der Waals surface area (Å²) in [6.45, 7) is 3.15. The number of rotatable bonds is 7. The van der Waals surface area contributed by atoms with E-state index in [1.54, 1.807) is 41.4 Å². The van der Waals surface area contributed by atoms with Crippen molar-refractivity contribution >= 4 is 23.1 Å². The van der Waals surface area contributed by atoms with Gasteiger partial charge in [-0.05, 0) is 61.4 Å². The Bertz CT molecular complexity index is 1060. The second-order valence-electron chi connectivity index (χ2n) is 8.67. The Labute approximate surface area is 193 Å². The minimum atomic E-state index is -4.27. The monoisotopic (exact) mass is 479 g/mol. The van der Waals surface area contributed by atoms with Crippen LogP contribution < -0.4 is 0 Å². The summed E-state index contributed by atoms with van der Waals surface area (Å²) < 4.78 is 40.4. The Morgan fingerprint density at radius 3 is 2.75 bits per heavy atom. The van der Waals surface area contributed by atoms with Crippen LogP contribution in [0, 0.1) is 5.41 Å². The largest absolute Gasteiger partial charge is 0.416 e. The summed E-state index contributed by atoms with van der Waals surface area (Å²) in [5.41, 5.74) is 0.746. The van der Waals surface area contributed by atoms with E-state index in [1.165, 1.54) is 12.1 Å². The Morgan fingerprint density at radius 2 is 2.03 bits per heavy atom. The normalized spacial score (nSPS) is 23.3. The van der Waals surface area contributed by atoms with E-state index in [4.69, 9.17) is 0 Å². The molecule has 2 fully saturated rings. The third-order valence-corrected chi connectivity index (χ3v) is 8.48. The highest BCUT2D eigenvalue weighted by atomic mass is 32.2. The maximum Gasteiger partial charge on any atom is 0.416 e. The number of hydrogen-bond donors (Lipinski definition) is 0. The first kappa shape index (κ1) is 21.9. The average Bonchev–Trinajstić information content (AvgIpc) is 3.16. The lowest BCUT2D eigenvalue weighted by Crippen LogP contribution is -2.23. The summed E-state index contributed by atoms with van der Waals surface area (Å²) in [7, 11) is 1.97. The van der Waals surface area contributed by atoms with Crippen LogP contribution in [-0.4, -0.2) is 50.0 Å². The molecular weight excluding hydrogens is 455 g/mol. The second kappa shape index (κ2) is 8.46. The molecule has 5 nitrogen and oxygen atoms in total. The van der Waals surface area contributed by atoms with Gasteiger partial charge in [-0.25, -0.2) is 4.98 Å². The van der Waals surface area contributed by atoms with Crippen LogP contribution in [0.2, 0.25) is 0 Å². The lowest BCUT2D eigenvalue weighted by molar-refractivity contribution is -0.137. The van der Waals surface area contributed by atoms with E-state index in [1.807, 2.05) is 17.0 Å². The third-order valence-electron chi connectivity index (χ3n) is 6.60. The molecule has 170 valence electrons. The van der Waals surface area contributed by atoms with E-state index in [0.717, 1.165) is 66.2 Å². The SMILES string of the molecule is Cn1c(SCCCN2CC[C@]3(C[C@H]3c3ccc(C(F)(F)F)cc3)C2)nnc1-c1nccs1. The Kier molecular flexibility index (Phi) is 5.79. The number of thiazole rings is 1. The standard InChI is InChI=1S/C22H24F3N5S2/c1-29-18(19-26-8-12-31-19)27-28-20(29)32-11-2-9-30-10-7-21(14-30)13-17(21)15-3-5-16(6-4-15)22(23,24)25/h3-6,8,12,17H,2,7,9-11,13-14H2,1H3/t17-,21-/m0/s1. The first-order chi connectivity index (χ1) is 15.4. The van der Waals surface area contributed by atoms with Gasteiger partial charge in [-0.2, -0.15) is 13.2 Å². The lowest BCUT2D eigenvalue weighted by Gasteiger charge is -2.16. The fourth-order valence-electron chi connectivity index (χ4n) is 4.76. The van der Waals surface area contributed by atoms with Gasteiger partial charge in [-0.1, -0.05) is 23.9 Å². The molecule has 5 rings (SSSR count). The fourth-order valence-corrected chi connectivity index (χ4v) is 6.25. The molecule has 0 unspecified atom stereocenters. The Hall–Kier alpha value is -1.91. The molecule has 3 aromatic rings. The second-order valence-corrected chi connectivity index (χ2v) is 10.6. The van der Waals surface area contributed by atoms with Crippen molar-refractivity contribution in [2.24, 2.45) is 12.5 Å². The number of halogens is 3. The molecule has 0 N–H and O–H groups in total. The molecule has 32 heavy (non-hydrogen) atoms. The van der Waals surface area contributed by atoms with Crippen molar-refractivity contribution in [2.75, 3.05) is 25.4 Å². The van der Waals surface area contributed by atoms with Crippen molar-refractivity contribution in [3.05, 3.63) is 47.0 Å². The van der Waals surface area contributed by atoms with Crippen LogP contribution in [0.5, 0.6) is 0 Å². The zero-order valence-corrected chi connectivity index (χ0v) is 19.3. The highest BCUT2D eigenvalue weighted by Gasteiger charge is 2.57. The quantitative estimate of drug-likeness (QED) is 0.339. The number of alkyl halides is 3. The first-order valence-electron chi connectivity index (χ1n) is 10.7. The summed E-state index contributed by atoms with van der Waals surface area (Å²) >= 11 is 3.27. The van der Waals surface area contributed by atoms with E-state index in [-0.39, 0.29) is 5.41 Å². The van der Waals surface area contributed by atoms with Crippen LogP contribution in [0.25, 0.3) is 10.8 Å². The van der Waals surface area contributed by atoms with E-state index in [2.05, 4.69) is 20.1 Å². The number of nitrogens with zero attached hydrogens (tertiary/aromatic N) is 5. The van der Waals surface area contributed by atoms with Crippen molar-refractivity contribution in [1.82, 2.24) is 24.6 Å². The molecule has 1 aromatic carbocycles. The molecule has 2 aliphatic rings. The molecule has 2 aromatic heterocycles. The Morgan fingerprint density at radius 1 is 1.22 bits per heavy atom.